The first-order valence-corrected chi connectivity index (χ1v) is 6.48. The van der Waals surface area contributed by atoms with E-state index in [9.17, 15) is 4.79 Å². The minimum atomic E-state index is -0.592. The molecule has 1 aromatic heterocycles. The zero-order chi connectivity index (χ0) is 14.7. The van der Waals surface area contributed by atoms with Crippen molar-refractivity contribution in [3.63, 3.8) is 0 Å². The van der Waals surface area contributed by atoms with Crippen LogP contribution in [0.5, 0.6) is 0 Å². The van der Waals surface area contributed by atoms with Crippen LogP contribution in [0.25, 0.3) is 0 Å². The third kappa shape index (κ3) is 3.05. The van der Waals surface area contributed by atoms with Gasteiger partial charge in [0, 0.05) is 12.7 Å². The van der Waals surface area contributed by atoms with E-state index in [1.807, 2.05) is 19.1 Å². The number of benzene rings is 1. The van der Waals surface area contributed by atoms with Crippen molar-refractivity contribution in [3.05, 3.63) is 51.9 Å². The molecule has 1 aromatic carbocycles. The summed E-state index contributed by atoms with van der Waals surface area (Å²) < 4.78 is 0. The minimum Gasteiger partial charge on any atom is -0.365 e. The maximum absolute atomic E-state index is 11.3. The molecule has 0 unspecified atom stereocenters. The van der Waals surface area contributed by atoms with Crippen molar-refractivity contribution in [2.75, 3.05) is 5.32 Å². The summed E-state index contributed by atoms with van der Waals surface area (Å²) in [6, 6.07) is 6.05. The van der Waals surface area contributed by atoms with Gasteiger partial charge in [0.05, 0.1) is 5.56 Å². The summed E-state index contributed by atoms with van der Waals surface area (Å²) in [6.45, 7) is 4.63. The van der Waals surface area contributed by atoms with Crippen LogP contribution in [-0.2, 0) is 6.54 Å². The summed E-state index contributed by atoms with van der Waals surface area (Å²) in [5.74, 6) is -0.247. The number of carbonyl (C=O) groups is 1. The molecule has 1 heterocycles. The smallest absolute Gasteiger partial charge is 0.254 e. The zero-order valence-electron chi connectivity index (χ0n) is 11.3. The second kappa shape index (κ2) is 5.88. The first-order chi connectivity index (χ1) is 9.49. The Morgan fingerprint density at radius 1 is 1.40 bits per heavy atom. The number of hydrogen-bond donors (Lipinski definition) is 2. The molecule has 0 aliphatic heterocycles. The summed E-state index contributed by atoms with van der Waals surface area (Å²) in [5.41, 5.74) is 9.03. The number of hydrogen-bond acceptors (Lipinski definition) is 4. The number of rotatable bonds is 4. The Hall–Kier alpha value is -2.14. The van der Waals surface area contributed by atoms with Crippen LogP contribution in [0, 0.1) is 13.8 Å². The lowest BCUT2D eigenvalue weighted by atomic mass is 10.0. The van der Waals surface area contributed by atoms with Crippen molar-refractivity contribution < 1.29 is 4.79 Å². The molecule has 2 aromatic rings. The summed E-state index contributed by atoms with van der Waals surface area (Å²) in [6.07, 6.45) is 1.32. The van der Waals surface area contributed by atoms with Gasteiger partial charge in [-0.3, -0.25) is 4.79 Å². The van der Waals surface area contributed by atoms with Gasteiger partial charge in [-0.2, -0.15) is 4.98 Å². The highest BCUT2D eigenvalue weighted by atomic mass is 35.5. The van der Waals surface area contributed by atoms with E-state index in [1.54, 1.807) is 0 Å². The monoisotopic (exact) mass is 290 g/mol. The molecule has 3 N–H and O–H groups in total. The van der Waals surface area contributed by atoms with E-state index in [4.69, 9.17) is 17.3 Å². The molecule has 6 heteroatoms. The third-order valence-corrected chi connectivity index (χ3v) is 3.37. The van der Waals surface area contributed by atoms with Gasteiger partial charge in [0.15, 0.2) is 0 Å². The molecule has 0 fully saturated rings. The number of nitrogens with two attached hydrogens (primary N) is 1. The molecule has 5 nitrogen and oxygen atoms in total. The third-order valence-electron chi connectivity index (χ3n) is 3.19. The fraction of sp³-hybridized carbons (Fsp3) is 0.214. The molecule has 0 radical (unpaired) electrons. The fourth-order valence-corrected chi connectivity index (χ4v) is 1.99. The zero-order valence-corrected chi connectivity index (χ0v) is 12.0. The Kier molecular flexibility index (Phi) is 4.20. The topological polar surface area (TPSA) is 80.9 Å². The molecule has 0 spiro atoms. The number of aryl methyl sites for hydroxylation is 1. The van der Waals surface area contributed by atoms with Crippen LogP contribution in [0.1, 0.15) is 27.0 Å². The summed E-state index contributed by atoms with van der Waals surface area (Å²) >= 11 is 5.75. The van der Waals surface area contributed by atoms with Gasteiger partial charge in [-0.25, -0.2) is 4.98 Å². The normalized spacial score (nSPS) is 10.3. The van der Waals surface area contributed by atoms with Crippen molar-refractivity contribution in [1.29, 1.82) is 0 Å². The fourth-order valence-electron chi connectivity index (χ4n) is 1.86. The molecule has 0 aliphatic rings. The first-order valence-electron chi connectivity index (χ1n) is 6.10. The highest BCUT2D eigenvalue weighted by Crippen LogP contribution is 2.17. The Bertz CT molecular complexity index is 658. The van der Waals surface area contributed by atoms with E-state index in [1.165, 1.54) is 17.3 Å². The second-order valence-corrected chi connectivity index (χ2v) is 4.82. The van der Waals surface area contributed by atoms with Gasteiger partial charge in [-0.1, -0.05) is 18.2 Å². The standard InChI is InChI=1S/C14H15ClN4O/c1-8-4-3-5-10(9(8)2)6-17-13-11(12(16)20)7-18-14(15)19-13/h3-5,7H,6H2,1-2H3,(H2,16,20)(H,17,18,19). The number of halogens is 1. The van der Waals surface area contributed by atoms with Crippen molar-refractivity contribution in [3.8, 4) is 0 Å². The maximum atomic E-state index is 11.3. The van der Waals surface area contributed by atoms with E-state index >= 15 is 0 Å². The van der Waals surface area contributed by atoms with Crippen molar-refractivity contribution >= 4 is 23.3 Å². The van der Waals surface area contributed by atoms with E-state index in [0.717, 1.165) is 5.56 Å². The molecule has 0 aliphatic carbocycles. The van der Waals surface area contributed by atoms with Crippen LogP contribution in [0.15, 0.2) is 24.4 Å². The van der Waals surface area contributed by atoms with Crippen LogP contribution < -0.4 is 11.1 Å². The average Bonchev–Trinajstić information content (AvgIpc) is 2.40. The number of primary amides is 1. The quantitative estimate of drug-likeness (QED) is 0.848. The molecule has 0 saturated heterocycles. The molecule has 0 bridgehead atoms. The summed E-state index contributed by atoms with van der Waals surface area (Å²) in [5, 5.41) is 3.15. The molecular formula is C14H15ClN4O. The number of nitrogens with one attached hydrogen (secondary N) is 1. The number of amides is 1. The molecule has 20 heavy (non-hydrogen) atoms. The predicted octanol–water partition coefficient (Wildman–Crippen LogP) is 2.46. The van der Waals surface area contributed by atoms with Crippen LogP contribution in [-0.4, -0.2) is 15.9 Å². The van der Waals surface area contributed by atoms with E-state index < -0.39 is 5.91 Å². The number of carbonyl (C=O) groups excluding carboxylic acids is 1. The van der Waals surface area contributed by atoms with Crippen LogP contribution >= 0.6 is 11.6 Å². The highest BCUT2D eigenvalue weighted by Gasteiger charge is 2.11. The highest BCUT2D eigenvalue weighted by molar-refractivity contribution is 6.28. The van der Waals surface area contributed by atoms with Crippen molar-refractivity contribution in [2.24, 2.45) is 5.73 Å². The van der Waals surface area contributed by atoms with E-state index in [0.29, 0.717) is 12.4 Å². The number of nitrogens with zero attached hydrogens (tertiary/aromatic N) is 2. The maximum Gasteiger partial charge on any atom is 0.254 e. The molecule has 2 rings (SSSR count). The van der Waals surface area contributed by atoms with E-state index in [2.05, 4.69) is 28.3 Å². The van der Waals surface area contributed by atoms with Crippen LogP contribution in [0.4, 0.5) is 5.82 Å². The average molecular weight is 291 g/mol. The largest absolute Gasteiger partial charge is 0.365 e. The summed E-state index contributed by atoms with van der Waals surface area (Å²) in [7, 11) is 0. The van der Waals surface area contributed by atoms with Gasteiger partial charge < -0.3 is 11.1 Å². The van der Waals surface area contributed by atoms with Crippen LogP contribution in [0.2, 0.25) is 5.28 Å². The van der Waals surface area contributed by atoms with Crippen LogP contribution in [0.3, 0.4) is 0 Å². The van der Waals surface area contributed by atoms with Gasteiger partial charge in [-0.15, -0.1) is 0 Å². The molecule has 0 atom stereocenters. The molecular weight excluding hydrogens is 276 g/mol. The van der Waals surface area contributed by atoms with Gasteiger partial charge in [0.2, 0.25) is 5.28 Å². The van der Waals surface area contributed by atoms with Crippen molar-refractivity contribution in [1.82, 2.24) is 9.97 Å². The first kappa shape index (κ1) is 14.3. The van der Waals surface area contributed by atoms with Gasteiger partial charge in [-0.05, 0) is 42.1 Å². The number of aromatic nitrogens is 2. The van der Waals surface area contributed by atoms with Gasteiger partial charge in [0.25, 0.3) is 5.91 Å². The van der Waals surface area contributed by atoms with Crippen molar-refractivity contribution in [2.45, 2.75) is 20.4 Å². The number of anilines is 1. The van der Waals surface area contributed by atoms with E-state index in [-0.39, 0.29) is 10.8 Å². The predicted molar refractivity (Wildman–Crippen MR) is 78.8 cm³/mol. The SMILES string of the molecule is Cc1cccc(CNc2nc(Cl)ncc2C(N)=O)c1C. The second-order valence-electron chi connectivity index (χ2n) is 4.48. The Balaban J connectivity index is 2.24. The Morgan fingerprint density at radius 2 is 2.15 bits per heavy atom. The molecule has 104 valence electrons. The Labute approximate surface area is 122 Å². The minimum absolute atomic E-state index is 0.0680. The summed E-state index contributed by atoms with van der Waals surface area (Å²) in [4.78, 5) is 19.1. The lowest BCUT2D eigenvalue weighted by molar-refractivity contribution is 0.100. The lowest BCUT2D eigenvalue weighted by Gasteiger charge is -2.12. The Morgan fingerprint density at radius 3 is 2.85 bits per heavy atom. The molecule has 0 saturated carbocycles. The van der Waals surface area contributed by atoms with Gasteiger partial charge in [0.1, 0.15) is 5.82 Å². The molecule has 1 amide bonds. The van der Waals surface area contributed by atoms with Gasteiger partial charge >= 0.3 is 0 Å². The lowest BCUT2D eigenvalue weighted by Crippen LogP contribution is -2.16.